The molecule has 0 saturated carbocycles. The summed E-state index contributed by atoms with van der Waals surface area (Å²) in [4.78, 5) is 3.12. The summed E-state index contributed by atoms with van der Waals surface area (Å²) in [5.74, 6) is 0. The Balaban J connectivity index is 3.20. The highest BCUT2D eigenvalue weighted by molar-refractivity contribution is 7.90. The highest BCUT2D eigenvalue weighted by Crippen LogP contribution is 2.15. The Labute approximate surface area is 70.4 Å². The van der Waals surface area contributed by atoms with Gasteiger partial charge in [-0.2, -0.15) is 0 Å². The second kappa shape index (κ2) is 2.91. The van der Waals surface area contributed by atoms with E-state index in [1.54, 1.807) is 0 Å². The first kappa shape index (κ1) is 8.68. The normalized spacial score (nSPS) is 10.7. The van der Waals surface area contributed by atoms with Crippen molar-refractivity contribution in [2.24, 2.45) is 0 Å². The molecule has 1 aromatic carbocycles. The Kier molecular flexibility index (Phi) is 2.11. The van der Waals surface area contributed by atoms with E-state index in [0.29, 0.717) is 5.69 Å². The molecule has 0 heterocycles. The zero-order valence-corrected chi connectivity index (χ0v) is 7.25. The maximum atomic E-state index is 10.9. The lowest BCUT2D eigenvalue weighted by atomic mass is 10.3. The minimum Gasteiger partial charge on any atom is -0.224 e. The van der Waals surface area contributed by atoms with Gasteiger partial charge in [0, 0.05) is 18.4 Å². The fraction of sp³-hybridized carbons (Fsp3) is 0.143. The first-order valence-electron chi connectivity index (χ1n) is 3.19. The minimum atomic E-state index is -3.15. The van der Waals surface area contributed by atoms with Gasteiger partial charge in [-0.1, -0.05) is 0 Å². The van der Waals surface area contributed by atoms with Crippen molar-refractivity contribution in [2.75, 3.05) is 6.26 Å². The van der Waals surface area contributed by atoms with Crippen LogP contribution >= 0.6 is 0 Å². The molecule has 0 bridgehead atoms. The molecule has 0 aliphatic rings. The number of hydrogen-bond donors (Lipinski definition) is 0. The van der Waals surface area contributed by atoms with Crippen molar-refractivity contribution in [3.05, 3.63) is 29.2 Å². The predicted molar refractivity (Wildman–Crippen MR) is 44.3 cm³/mol. The molecule has 0 aliphatic heterocycles. The molecular weight excluding hydrogens is 176 g/mol. The summed E-state index contributed by atoms with van der Waals surface area (Å²) < 4.78 is 21.9. The molecule has 0 atom stereocenters. The van der Waals surface area contributed by atoms with Crippen LogP contribution in [0.15, 0.2) is 29.2 Å². The smallest absolute Gasteiger partial charge is 0.224 e. The summed E-state index contributed by atoms with van der Waals surface area (Å²) >= 11 is 0. The molecule has 62 valence electrons. The van der Waals surface area contributed by atoms with Crippen molar-refractivity contribution < 1.29 is 8.42 Å². The third kappa shape index (κ3) is 1.80. The van der Waals surface area contributed by atoms with Gasteiger partial charge in [0.15, 0.2) is 14.8 Å². The minimum absolute atomic E-state index is 0.218. The van der Waals surface area contributed by atoms with Crippen LogP contribution in [0.5, 0.6) is 0 Å². The molecule has 0 N–H and O–H groups in total. The summed E-state index contributed by atoms with van der Waals surface area (Å²) in [7, 11) is -3.15. The van der Waals surface area contributed by atoms with E-state index < -0.39 is 9.84 Å². The largest absolute Gasteiger partial charge is 0.385 e. The van der Waals surface area contributed by atoms with E-state index >= 15 is 0 Å². The van der Waals surface area contributed by atoms with Crippen molar-refractivity contribution >= 4 is 15.5 Å². The summed E-state index contributed by atoms with van der Waals surface area (Å²) in [5, 5.41) is 8.31. The van der Waals surface area contributed by atoms with Crippen LogP contribution in [-0.2, 0) is 9.84 Å². The van der Waals surface area contributed by atoms with Gasteiger partial charge in [0.1, 0.15) is 0 Å². The van der Waals surface area contributed by atoms with Gasteiger partial charge in [-0.25, -0.2) is 8.42 Å². The van der Waals surface area contributed by atoms with E-state index in [9.17, 15) is 8.42 Å². The van der Waals surface area contributed by atoms with Gasteiger partial charge < -0.3 is 0 Å². The second-order valence-corrected chi connectivity index (χ2v) is 4.38. The molecule has 1 rings (SSSR count). The van der Waals surface area contributed by atoms with E-state index in [-0.39, 0.29) is 4.90 Å². The van der Waals surface area contributed by atoms with Crippen LogP contribution in [0.3, 0.4) is 0 Å². The first-order valence-corrected chi connectivity index (χ1v) is 5.08. The number of nitrogens with zero attached hydrogens (tertiary/aromatic N) is 2. The van der Waals surface area contributed by atoms with Gasteiger partial charge in [-0.3, -0.25) is 0 Å². The molecule has 0 aliphatic carbocycles. The van der Waals surface area contributed by atoms with Crippen LogP contribution in [0.1, 0.15) is 0 Å². The summed E-state index contributed by atoms with van der Waals surface area (Å²) in [6.45, 7) is 0. The Hall–Kier alpha value is -1.41. The molecule has 12 heavy (non-hydrogen) atoms. The quantitative estimate of drug-likeness (QED) is 0.621. The molecule has 1 aromatic rings. The number of benzene rings is 1. The van der Waals surface area contributed by atoms with Crippen LogP contribution in [0.25, 0.3) is 4.98 Å². The van der Waals surface area contributed by atoms with E-state index in [0.717, 1.165) is 6.26 Å². The Morgan fingerprint density at radius 1 is 1.25 bits per heavy atom. The van der Waals surface area contributed by atoms with Crippen molar-refractivity contribution in [2.45, 2.75) is 4.90 Å². The molecule has 0 fully saturated rings. The third-order valence-electron chi connectivity index (χ3n) is 1.38. The molecule has 0 unspecified atom stereocenters. The Bertz CT molecular complexity index is 414. The molecule has 0 saturated heterocycles. The maximum Gasteiger partial charge on any atom is 0.385 e. The number of hydrogen-bond acceptors (Lipinski definition) is 3. The molecule has 0 spiro atoms. The van der Waals surface area contributed by atoms with Crippen LogP contribution in [0.2, 0.25) is 0 Å². The predicted octanol–water partition coefficient (Wildman–Crippen LogP) is 1.57. The van der Waals surface area contributed by atoms with Gasteiger partial charge in [-0.05, 0) is 12.1 Å². The molecule has 0 amide bonds. The first-order chi connectivity index (χ1) is 5.54. The number of diazo groups is 1. The Morgan fingerprint density at radius 2 is 1.75 bits per heavy atom. The van der Waals surface area contributed by atoms with Gasteiger partial charge in [0.05, 0.1) is 4.90 Å². The fourth-order valence-corrected chi connectivity index (χ4v) is 1.39. The maximum absolute atomic E-state index is 10.9. The van der Waals surface area contributed by atoms with Gasteiger partial charge in [0.25, 0.3) is 0 Å². The van der Waals surface area contributed by atoms with Gasteiger partial charge in [-0.15, -0.1) is 0 Å². The average molecular weight is 183 g/mol. The topological polar surface area (TPSA) is 62.3 Å². The second-order valence-electron chi connectivity index (χ2n) is 2.37. The van der Waals surface area contributed by atoms with Gasteiger partial charge in [0.2, 0.25) is 5.39 Å². The molecular formula is C7H7N2O2S+. The summed E-state index contributed by atoms with van der Waals surface area (Å²) in [6.07, 6.45) is 1.12. The average Bonchev–Trinajstić information content (AvgIpc) is 2.03. The molecule has 0 radical (unpaired) electrons. The highest BCUT2D eigenvalue weighted by atomic mass is 32.2. The van der Waals surface area contributed by atoms with Crippen molar-refractivity contribution in [3.63, 3.8) is 0 Å². The molecule has 4 nitrogen and oxygen atoms in total. The highest BCUT2D eigenvalue weighted by Gasteiger charge is 2.09. The standard InChI is InChI=1S/C7H7N2O2S/c1-12(10,11)7-4-2-6(9-8)3-5-7/h2-5H,1H3/q+1. The van der Waals surface area contributed by atoms with Crippen LogP contribution < -0.4 is 0 Å². The summed E-state index contributed by atoms with van der Waals surface area (Å²) in [6, 6.07) is 5.64. The van der Waals surface area contributed by atoms with Crippen molar-refractivity contribution in [1.29, 1.82) is 5.39 Å². The van der Waals surface area contributed by atoms with E-state index in [2.05, 4.69) is 4.98 Å². The van der Waals surface area contributed by atoms with Crippen molar-refractivity contribution in [1.82, 2.24) is 0 Å². The number of sulfone groups is 1. The van der Waals surface area contributed by atoms with E-state index in [1.807, 2.05) is 0 Å². The number of rotatable bonds is 1. The van der Waals surface area contributed by atoms with Crippen LogP contribution in [-0.4, -0.2) is 14.7 Å². The molecule has 5 heteroatoms. The zero-order chi connectivity index (χ0) is 9.19. The summed E-state index contributed by atoms with van der Waals surface area (Å²) in [5.41, 5.74) is 0.336. The van der Waals surface area contributed by atoms with Crippen LogP contribution in [0, 0.1) is 5.39 Å². The third-order valence-corrected chi connectivity index (χ3v) is 2.51. The van der Waals surface area contributed by atoms with Crippen molar-refractivity contribution in [3.8, 4) is 0 Å². The lowest BCUT2D eigenvalue weighted by molar-refractivity contribution is 0.602. The zero-order valence-electron chi connectivity index (χ0n) is 6.43. The fourth-order valence-electron chi connectivity index (χ4n) is 0.760. The Morgan fingerprint density at radius 3 is 2.08 bits per heavy atom. The SMILES string of the molecule is CS(=O)(=O)c1ccc([N+]#N)cc1. The van der Waals surface area contributed by atoms with Gasteiger partial charge >= 0.3 is 5.69 Å². The lowest BCUT2D eigenvalue weighted by Crippen LogP contribution is -1.95. The lowest BCUT2D eigenvalue weighted by Gasteiger charge is -1.92. The van der Waals surface area contributed by atoms with E-state index in [4.69, 9.17) is 5.39 Å². The molecule has 0 aromatic heterocycles. The van der Waals surface area contributed by atoms with Crippen LogP contribution in [0.4, 0.5) is 5.69 Å². The monoisotopic (exact) mass is 183 g/mol. The van der Waals surface area contributed by atoms with E-state index in [1.165, 1.54) is 24.3 Å².